The lowest BCUT2D eigenvalue weighted by Gasteiger charge is -2.25. The first-order chi connectivity index (χ1) is 31.3. The van der Waals surface area contributed by atoms with Crippen LogP contribution in [0.3, 0.4) is 0 Å². The van der Waals surface area contributed by atoms with E-state index in [1.54, 1.807) is 24.8 Å². The number of ether oxygens (including phenoxy) is 2. The van der Waals surface area contributed by atoms with Crippen molar-refractivity contribution in [1.29, 1.82) is 0 Å². The summed E-state index contributed by atoms with van der Waals surface area (Å²) in [6, 6.07) is 12.7. The summed E-state index contributed by atoms with van der Waals surface area (Å²) in [5.74, 6) is 0.872. The number of benzene rings is 2. The summed E-state index contributed by atoms with van der Waals surface area (Å²) >= 11 is 0. The minimum Gasteiger partial charge on any atom is -0.475 e. The second-order valence-corrected chi connectivity index (χ2v) is 21.4. The molecule has 4 aliphatic rings. The molecular weight excluding hydrogens is 885 g/mol. The number of hydrogen-bond acceptors (Lipinski definition) is 12. The van der Waals surface area contributed by atoms with E-state index in [4.69, 9.17) is 9.47 Å². The van der Waals surface area contributed by atoms with E-state index in [2.05, 4.69) is 52.4 Å². The van der Waals surface area contributed by atoms with Gasteiger partial charge in [0.15, 0.2) is 10.1 Å². The molecule has 344 valence electrons. The van der Waals surface area contributed by atoms with Gasteiger partial charge in [0.2, 0.25) is 11.8 Å². The molecule has 4 N–H and O–H groups in total. The van der Waals surface area contributed by atoms with Crippen LogP contribution in [0.5, 0.6) is 11.8 Å². The Kier molecular flexibility index (Phi) is 11.1. The summed E-state index contributed by atoms with van der Waals surface area (Å²) in [4.78, 5) is 34.5. The van der Waals surface area contributed by atoms with Crippen molar-refractivity contribution in [3.05, 3.63) is 107 Å². The van der Waals surface area contributed by atoms with Gasteiger partial charge in [-0.05, 0) is 149 Å². The summed E-state index contributed by atoms with van der Waals surface area (Å²) in [5, 5.41) is 13.6. The highest BCUT2D eigenvalue weighted by atomic mass is 32.2. The number of sulfonamides is 2. The smallest absolute Gasteiger partial charge is 0.333 e. The zero-order chi connectivity index (χ0) is 46.8. The van der Waals surface area contributed by atoms with Gasteiger partial charge in [0.25, 0.3) is 20.0 Å². The Balaban J connectivity index is 0.000000166. The number of hydrogen-bond donors (Lipinski definition) is 4. The highest BCUT2D eigenvalue weighted by molar-refractivity contribution is 7.90. The van der Waals surface area contributed by atoms with Crippen LogP contribution >= 0.6 is 0 Å². The highest BCUT2D eigenvalue weighted by Crippen LogP contribution is 2.42. The van der Waals surface area contributed by atoms with Crippen molar-refractivity contribution in [1.82, 2.24) is 39.0 Å². The van der Waals surface area contributed by atoms with Crippen LogP contribution in [0.4, 0.5) is 21.0 Å². The molecule has 0 spiro atoms. The first kappa shape index (κ1) is 44.4. The number of anilines is 2. The van der Waals surface area contributed by atoms with E-state index < -0.39 is 43.2 Å². The minimum atomic E-state index is -4.17. The fourth-order valence-corrected chi connectivity index (χ4v) is 10.6. The SMILES string of the molecule is Cc1cc2c(c3c1-c1ccnc(c1)OCC(C)(C)n1ccc(n1)S(=O)(=O)NC(=O)N3)CCC2.Cc1cc2c(c3c1-c1ccnc(c1)OCC(C)(C)n1ccc(n1)S(=O)(=O)NC(=O)N3)CCC2. The molecule has 0 atom stereocenters. The Morgan fingerprint density at radius 2 is 1.00 bits per heavy atom. The molecule has 4 aromatic heterocycles. The maximum atomic E-state index is 12.9. The van der Waals surface area contributed by atoms with Crippen molar-refractivity contribution >= 4 is 43.5 Å². The molecule has 4 amide bonds. The normalized spacial score (nSPS) is 18.6. The monoisotopic (exact) mass is 934 g/mol. The van der Waals surface area contributed by atoms with Crippen LogP contribution in [0.25, 0.3) is 22.3 Å². The van der Waals surface area contributed by atoms with E-state index in [0.717, 1.165) is 83.0 Å². The maximum absolute atomic E-state index is 12.9. The number of aromatic nitrogens is 6. The van der Waals surface area contributed by atoms with Gasteiger partial charge in [0, 0.05) is 48.0 Å². The summed E-state index contributed by atoms with van der Waals surface area (Å²) < 4.78 is 70.7. The Labute approximate surface area is 382 Å². The zero-order valence-electron chi connectivity index (χ0n) is 37.4. The molecule has 0 radical (unpaired) electrons. The quantitative estimate of drug-likeness (QED) is 0.124. The van der Waals surface area contributed by atoms with Crippen molar-refractivity contribution in [2.24, 2.45) is 0 Å². The van der Waals surface area contributed by atoms with Gasteiger partial charge in [0.1, 0.15) is 13.2 Å². The third kappa shape index (κ3) is 8.57. The van der Waals surface area contributed by atoms with E-state index in [1.165, 1.54) is 32.6 Å². The standard InChI is InChI=1S/2C23H25N5O4S/c2*1-14-11-15-5-4-6-17(15)21-20(14)16-7-9-24-18(12-16)32-13-23(2,3)28-10-8-19(26-28)33(30,31)27-22(29)25-21/h2*7-12H,4-6,13H2,1-3H3,(H2,25,27,29). The maximum Gasteiger partial charge on any atom is 0.333 e. The number of rotatable bonds is 0. The third-order valence-corrected chi connectivity index (χ3v) is 14.7. The number of amides is 4. The fourth-order valence-electron chi connectivity index (χ4n) is 8.93. The van der Waals surface area contributed by atoms with Crippen LogP contribution in [0, 0.1) is 13.8 Å². The number of carbonyl (C=O) groups excluding carboxylic acids is 2. The predicted octanol–water partition coefficient (Wildman–Crippen LogP) is 6.76. The second-order valence-electron chi connectivity index (χ2n) is 18.2. The van der Waals surface area contributed by atoms with Crippen LogP contribution in [0.2, 0.25) is 0 Å². The van der Waals surface area contributed by atoms with E-state index >= 15 is 0 Å². The molecule has 20 heteroatoms. The number of pyridine rings is 2. The van der Waals surface area contributed by atoms with Gasteiger partial charge in [-0.3, -0.25) is 9.36 Å². The fraction of sp³-hybridized carbons (Fsp3) is 0.348. The lowest BCUT2D eigenvalue weighted by Crippen LogP contribution is -2.36. The molecule has 2 aliphatic heterocycles. The molecule has 2 aromatic carbocycles. The van der Waals surface area contributed by atoms with Crippen molar-refractivity contribution in [2.45, 2.75) is 101 Å². The number of carbonyl (C=O) groups is 2. The van der Waals surface area contributed by atoms with Crippen LogP contribution in [-0.4, -0.2) is 71.6 Å². The molecule has 0 saturated carbocycles. The second kappa shape index (κ2) is 16.6. The first-order valence-electron chi connectivity index (χ1n) is 21.6. The van der Waals surface area contributed by atoms with Gasteiger partial charge in [-0.1, -0.05) is 12.1 Å². The van der Waals surface area contributed by atoms with Gasteiger partial charge >= 0.3 is 12.1 Å². The summed E-state index contributed by atoms with van der Waals surface area (Å²) in [6.07, 6.45) is 11.8. The summed E-state index contributed by atoms with van der Waals surface area (Å²) in [6.45, 7) is 11.9. The van der Waals surface area contributed by atoms with Gasteiger partial charge in [-0.25, -0.2) is 29.0 Å². The number of urea groups is 2. The number of fused-ring (bicyclic) bond motifs is 16. The first-order valence-corrected chi connectivity index (χ1v) is 24.5. The van der Waals surface area contributed by atoms with Crippen molar-refractivity contribution in [3.8, 4) is 34.0 Å². The molecule has 2 aliphatic carbocycles. The summed E-state index contributed by atoms with van der Waals surface area (Å²) in [5.41, 5.74) is 9.57. The molecule has 18 nitrogen and oxygen atoms in total. The topological polar surface area (TPSA) is 230 Å². The summed E-state index contributed by atoms with van der Waals surface area (Å²) in [7, 11) is -8.33. The molecule has 10 rings (SSSR count). The molecule has 0 fully saturated rings. The average Bonchev–Trinajstić information content (AvgIpc) is 4.10. The number of nitrogens with zero attached hydrogens (tertiary/aromatic N) is 6. The Hall–Kier alpha value is -6.80. The van der Waals surface area contributed by atoms with E-state index in [1.807, 2.05) is 65.8 Å². The third-order valence-electron chi connectivity index (χ3n) is 12.2. The minimum absolute atomic E-state index is 0.214. The lowest BCUT2D eigenvalue weighted by molar-refractivity contribution is 0.164. The molecular formula is C46H50N10O8S2. The van der Waals surface area contributed by atoms with Crippen molar-refractivity contribution in [3.63, 3.8) is 0 Å². The molecule has 6 heterocycles. The van der Waals surface area contributed by atoms with E-state index in [9.17, 15) is 26.4 Å². The van der Waals surface area contributed by atoms with Gasteiger partial charge < -0.3 is 20.1 Å². The van der Waals surface area contributed by atoms with Gasteiger partial charge in [-0.15, -0.1) is 0 Å². The van der Waals surface area contributed by atoms with E-state index in [-0.39, 0.29) is 23.3 Å². The predicted molar refractivity (Wildman–Crippen MR) is 246 cm³/mol. The van der Waals surface area contributed by atoms with E-state index in [0.29, 0.717) is 23.1 Å². The lowest BCUT2D eigenvalue weighted by atomic mass is 9.93. The van der Waals surface area contributed by atoms with Crippen molar-refractivity contribution < 1.29 is 35.9 Å². The molecule has 8 bridgehead atoms. The van der Waals surface area contributed by atoms with Crippen LogP contribution in [-0.2, 0) is 56.8 Å². The zero-order valence-corrected chi connectivity index (χ0v) is 39.0. The molecule has 0 unspecified atom stereocenters. The van der Waals surface area contributed by atoms with Gasteiger partial charge in [-0.2, -0.15) is 27.0 Å². The Morgan fingerprint density at radius 1 is 0.591 bits per heavy atom. The highest BCUT2D eigenvalue weighted by Gasteiger charge is 2.32. The van der Waals surface area contributed by atoms with Crippen LogP contribution < -0.4 is 29.6 Å². The largest absolute Gasteiger partial charge is 0.475 e. The van der Waals surface area contributed by atoms with Crippen LogP contribution in [0.1, 0.15) is 73.9 Å². The molecule has 0 saturated heterocycles. The molecule has 6 aromatic rings. The average molecular weight is 935 g/mol. The van der Waals surface area contributed by atoms with Crippen LogP contribution in [0.15, 0.2) is 83.4 Å². The Bertz CT molecular complexity index is 2970. The van der Waals surface area contributed by atoms with Crippen molar-refractivity contribution in [2.75, 3.05) is 23.8 Å². The Morgan fingerprint density at radius 3 is 1.41 bits per heavy atom. The number of aryl methyl sites for hydroxylation is 4. The number of nitrogens with one attached hydrogen (secondary N) is 4. The molecule has 66 heavy (non-hydrogen) atoms. The van der Waals surface area contributed by atoms with Gasteiger partial charge in [0.05, 0.1) is 22.5 Å².